The van der Waals surface area contributed by atoms with Gasteiger partial charge in [-0.25, -0.2) is 0 Å². The normalized spacial score (nSPS) is 22.4. The second-order valence-corrected chi connectivity index (χ2v) is 13.8. The van der Waals surface area contributed by atoms with Crippen molar-refractivity contribution in [3.05, 3.63) is 83.6 Å². The van der Waals surface area contributed by atoms with Crippen molar-refractivity contribution in [2.45, 2.75) is 57.5 Å². The molecule has 3 heterocycles. The second-order valence-electron chi connectivity index (χ2n) is 13.8. The number of likely N-dealkylation sites (tertiary alicyclic amines) is 1. The van der Waals surface area contributed by atoms with Crippen LogP contribution in [-0.4, -0.2) is 70.4 Å². The Labute approximate surface area is 285 Å². The molecule has 3 atom stereocenters. The van der Waals surface area contributed by atoms with E-state index in [0.717, 1.165) is 65.3 Å². The number of rotatable bonds is 9. The van der Waals surface area contributed by atoms with Gasteiger partial charge in [0.15, 0.2) is 0 Å². The molecule has 1 saturated carbocycles. The highest BCUT2D eigenvalue weighted by molar-refractivity contribution is 6.00. The van der Waals surface area contributed by atoms with Crippen molar-refractivity contribution in [3.63, 3.8) is 0 Å². The smallest absolute Gasteiger partial charge is 0.254 e. The fourth-order valence-electron chi connectivity index (χ4n) is 7.74. The molecule has 4 amide bonds. The molecule has 0 bridgehead atoms. The van der Waals surface area contributed by atoms with Gasteiger partial charge in [-0.3, -0.25) is 24.3 Å². The zero-order valence-corrected chi connectivity index (χ0v) is 27.7. The van der Waals surface area contributed by atoms with Gasteiger partial charge in [0.1, 0.15) is 12.1 Å². The van der Waals surface area contributed by atoms with E-state index in [2.05, 4.69) is 26.1 Å². The molecular weight excluding hydrogens is 618 g/mol. The van der Waals surface area contributed by atoms with E-state index < -0.39 is 6.04 Å². The van der Waals surface area contributed by atoms with Crippen LogP contribution in [0.15, 0.2) is 66.9 Å². The maximum atomic E-state index is 13.7. The average Bonchev–Trinajstić information content (AvgIpc) is 3.86. The second kappa shape index (κ2) is 13.8. The van der Waals surface area contributed by atoms with Crippen LogP contribution < -0.4 is 21.7 Å². The quantitative estimate of drug-likeness (QED) is 0.183. The molecule has 3 fully saturated rings. The molecule has 3 aliphatic rings. The molecule has 2 saturated heterocycles. The summed E-state index contributed by atoms with van der Waals surface area (Å²) in [5, 5.41) is 16.9. The number of aromatic nitrogens is 2. The van der Waals surface area contributed by atoms with Crippen molar-refractivity contribution in [3.8, 4) is 11.1 Å². The van der Waals surface area contributed by atoms with Gasteiger partial charge in [0.2, 0.25) is 17.7 Å². The van der Waals surface area contributed by atoms with E-state index in [4.69, 9.17) is 5.73 Å². The number of benzene rings is 3. The minimum absolute atomic E-state index is 0.0613. The van der Waals surface area contributed by atoms with E-state index in [0.29, 0.717) is 43.2 Å². The first-order valence-corrected chi connectivity index (χ1v) is 17.3. The largest absolute Gasteiger partial charge is 0.354 e. The molecule has 0 spiro atoms. The summed E-state index contributed by atoms with van der Waals surface area (Å²) in [5.74, 6) is -0.0556. The molecule has 3 aromatic carbocycles. The Hall–Kier alpha value is -5.03. The van der Waals surface area contributed by atoms with Gasteiger partial charge in [0, 0.05) is 48.0 Å². The number of nitrogens with two attached hydrogens (primary N) is 1. The van der Waals surface area contributed by atoms with Crippen molar-refractivity contribution in [2.75, 3.05) is 25.0 Å². The van der Waals surface area contributed by atoms with Crippen LogP contribution in [0.3, 0.4) is 0 Å². The van der Waals surface area contributed by atoms with Crippen LogP contribution in [0.25, 0.3) is 22.0 Å². The van der Waals surface area contributed by atoms with E-state index in [1.54, 1.807) is 11.1 Å². The Morgan fingerprint density at radius 1 is 1.00 bits per heavy atom. The van der Waals surface area contributed by atoms with Crippen molar-refractivity contribution in [2.24, 2.45) is 23.5 Å². The van der Waals surface area contributed by atoms with Gasteiger partial charge in [-0.15, -0.1) is 0 Å². The number of nitrogens with zero attached hydrogens (tertiary/aromatic N) is 2. The number of hydrogen-bond acceptors (Lipinski definition) is 6. The summed E-state index contributed by atoms with van der Waals surface area (Å²) in [6.07, 6.45) is 6.25. The molecule has 6 N–H and O–H groups in total. The molecule has 0 radical (unpaired) electrons. The molecule has 1 aliphatic carbocycles. The fourth-order valence-corrected chi connectivity index (χ4v) is 7.74. The lowest BCUT2D eigenvalue weighted by atomic mass is 9.81. The van der Waals surface area contributed by atoms with Crippen LogP contribution >= 0.6 is 0 Å². The molecule has 11 heteroatoms. The Kier molecular flexibility index (Phi) is 9.18. The fraction of sp³-hybridized carbons (Fsp3) is 0.395. The van der Waals surface area contributed by atoms with Crippen LogP contribution in [0.1, 0.15) is 53.6 Å². The minimum Gasteiger partial charge on any atom is -0.354 e. The zero-order valence-electron chi connectivity index (χ0n) is 27.7. The summed E-state index contributed by atoms with van der Waals surface area (Å²) in [4.78, 5) is 54.5. The van der Waals surface area contributed by atoms with Gasteiger partial charge in [-0.1, -0.05) is 30.3 Å². The Morgan fingerprint density at radius 2 is 1.80 bits per heavy atom. The van der Waals surface area contributed by atoms with Gasteiger partial charge in [0.25, 0.3) is 5.91 Å². The number of amides is 4. The van der Waals surface area contributed by atoms with E-state index in [1.165, 1.54) is 0 Å². The summed E-state index contributed by atoms with van der Waals surface area (Å²) in [6.45, 7) is 3.85. The van der Waals surface area contributed by atoms with E-state index in [-0.39, 0.29) is 41.5 Å². The highest BCUT2D eigenvalue weighted by atomic mass is 16.2. The Balaban J connectivity index is 1.05. The lowest BCUT2D eigenvalue weighted by molar-refractivity contribution is -0.130. The Bertz CT molecular complexity index is 1880. The predicted octanol–water partition coefficient (Wildman–Crippen LogP) is 3.93. The number of fused-ring (bicyclic) bond motifs is 2. The number of hydrogen-bond donors (Lipinski definition) is 5. The number of H-pyrrole nitrogens is 1. The van der Waals surface area contributed by atoms with E-state index >= 15 is 0 Å². The molecule has 4 aromatic rings. The first-order valence-electron chi connectivity index (χ1n) is 17.3. The third-order valence-corrected chi connectivity index (χ3v) is 10.7. The summed E-state index contributed by atoms with van der Waals surface area (Å²) in [7, 11) is 0. The van der Waals surface area contributed by atoms with Gasteiger partial charge in [-0.05, 0) is 104 Å². The molecular formula is C38H43N7O4. The highest BCUT2D eigenvalue weighted by Gasteiger charge is 2.45. The summed E-state index contributed by atoms with van der Waals surface area (Å²) in [6, 6.07) is 18.0. The third kappa shape index (κ3) is 6.80. The molecule has 1 aromatic heterocycles. The number of aromatic amines is 1. The van der Waals surface area contributed by atoms with E-state index in [9.17, 15) is 19.2 Å². The van der Waals surface area contributed by atoms with E-state index in [1.807, 2.05) is 67.6 Å². The molecule has 2 aliphatic heterocycles. The maximum absolute atomic E-state index is 13.7. The summed E-state index contributed by atoms with van der Waals surface area (Å²) >= 11 is 0. The zero-order chi connectivity index (χ0) is 34.1. The van der Waals surface area contributed by atoms with Crippen LogP contribution in [-0.2, 0) is 20.8 Å². The SMILES string of the molecule is Cc1cc(C(=O)N2CCC3CNC(=O)C32)ccc1-c1ccc(C[C@H](NC(=O)[C@H]2CC[C@H](CN)CC2)C(=O)Nc2ccc3cn[nH]c3c2)cc1. The van der Waals surface area contributed by atoms with Crippen molar-refractivity contribution in [1.82, 2.24) is 25.7 Å². The lowest BCUT2D eigenvalue weighted by Gasteiger charge is -2.28. The molecule has 2 unspecified atom stereocenters. The standard InChI is InChI=1S/C38H43N7O4/c1-22-16-27(38(49)45-15-14-29-20-40-37(48)34(29)45)11-13-31(22)25-6-2-23(3-7-25)17-33(43-35(46)26-8-4-24(19-39)5-9-26)36(47)42-30-12-10-28-21-41-44-32(28)18-30/h2-3,6-7,10-13,16,18,21,24,26,29,33-34H,4-5,8-9,14-15,17,19-20,39H2,1H3,(H,40,48)(H,41,44)(H,42,47)(H,43,46)/t24-,26-,29?,33-,34?/m0/s1. The number of carbonyl (C=O) groups excluding carboxylic acids is 4. The van der Waals surface area contributed by atoms with Crippen LogP contribution in [0, 0.1) is 24.7 Å². The summed E-state index contributed by atoms with van der Waals surface area (Å²) in [5.41, 5.74) is 11.7. The highest BCUT2D eigenvalue weighted by Crippen LogP contribution is 2.32. The molecule has 254 valence electrons. The maximum Gasteiger partial charge on any atom is 0.254 e. The average molecular weight is 662 g/mol. The number of anilines is 1. The molecule has 49 heavy (non-hydrogen) atoms. The van der Waals surface area contributed by atoms with Gasteiger partial charge >= 0.3 is 0 Å². The van der Waals surface area contributed by atoms with Crippen LogP contribution in [0.5, 0.6) is 0 Å². The summed E-state index contributed by atoms with van der Waals surface area (Å²) < 4.78 is 0. The first-order chi connectivity index (χ1) is 23.8. The number of carbonyl (C=O) groups is 4. The predicted molar refractivity (Wildman–Crippen MR) is 187 cm³/mol. The minimum atomic E-state index is -0.776. The first kappa shape index (κ1) is 32.5. The molecule has 7 rings (SSSR count). The lowest BCUT2D eigenvalue weighted by Crippen LogP contribution is -2.48. The topological polar surface area (TPSA) is 162 Å². The van der Waals surface area contributed by atoms with Gasteiger partial charge in [-0.2, -0.15) is 5.10 Å². The van der Waals surface area contributed by atoms with Crippen LogP contribution in [0.2, 0.25) is 0 Å². The monoisotopic (exact) mass is 661 g/mol. The number of nitrogens with one attached hydrogen (secondary N) is 4. The number of aryl methyl sites for hydroxylation is 1. The van der Waals surface area contributed by atoms with Gasteiger partial charge < -0.3 is 26.6 Å². The van der Waals surface area contributed by atoms with Crippen molar-refractivity contribution in [1.29, 1.82) is 0 Å². The third-order valence-electron chi connectivity index (χ3n) is 10.7. The van der Waals surface area contributed by atoms with Crippen LogP contribution in [0.4, 0.5) is 5.69 Å². The Morgan fingerprint density at radius 3 is 2.55 bits per heavy atom. The van der Waals surface area contributed by atoms with Crippen molar-refractivity contribution >= 4 is 40.2 Å². The van der Waals surface area contributed by atoms with Gasteiger partial charge in [0.05, 0.1) is 11.7 Å². The van der Waals surface area contributed by atoms with Crippen molar-refractivity contribution < 1.29 is 19.2 Å². The molecule has 11 nitrogen and oxygen atoms in total.